The van der Waals surface area contributed by atoms with Crippen molar-refractivity contribution in [1.82, 2.24) is 10.3 Å². The fourth-order valence-corrected chi connectivity index (χ4v) is 0.926. The molecule has 0 aliphatic rings. The molecule has 0 spiro atoms. The van der Waals surface area contributed by atoms with Crippen molar-refractivity contribution in [1.29, 1.82) is 0 Å². The summed E-state index contributed by atoms with van der Waals surface area (Å²) in [6.07, 6.45) is 2.45. The molecular weight excluding hydrogens is 236 g/mol. The standard InChI is InChI=1S/C7H8N2O2.C5H10O2/c1-8-6(10)5-3-2-4-9-7(5)11;1-3-5(2)7-4-6/h2-4H,1H3,(H,8,10)(H,9,11);4-5H,3H2,1-2H3. The summed E-state index contributed by atoms with van der Waals surface area (Å²) < 4.78 is 4.51. The van der Waals surface area contributed by atoms with E-state index >= 15 is 0 Å². The highest BCUT2D eigenvalue weighted by Gasteiger charge is 2.05. The van der Waals surface area contributed by atoms with Crippen molar-refractivity contribution >= 4 is 12.4 Å². The third kappa shape index (κ3) is 5.83. The van der Waals surface area contributed by atoms with Crippen LogP contribution in [0, 0.1) is 0 Å². The first kappa shape index (κ1) is 15.9. The molecule has 0 bridgehead atoms. The summed E-state index contributed by atoms with van der Waals surface area (Å²) in [6, 6.07) is 3.07. The lowest BCUT2D eigenvalue weighted by molar-refractivity contribution is -0.132. The Balaban J connectivity index is 0.000000360. The Morgan fingerprint density at radius 3 is 2.67 bits per heavy atom. The second kappa shape index (κ2) is 8.98. The van der Waals surface area contributed by atoms with Crippen molar-refractivity contribution < 1.29 is 14.3 Å². The molecule has 1 heterocycles. The molecule has 0 aliphatic heterocycles. The molecule has 1 aromatic rings. The minimum Gasteiger partial charge on any atom is -0.465 e. The average molecular weight is 254 g/mol. The molecule has 1 atom stereocenters. The van der Waals surface area contributed by atoms with Gasteiger partial charge in [0.15, 0.2) is 0 Å². The molecule has 1 aromatic heterocycles. The highest BCUT2D eigenvalue weighted by Crippen LogP contribution is 1.90. The van der Waals surface area contributed by atoms with Crippen LogP contribution >= 0.6 is 0 Å². The predicted molar refractivity (Wildman–Crippen MR) is 67.4 cm³/mol. The zero-order valence-corrected chi connectivity index (χ0v) is 10.7. The number of carbonyl (C=O) groups excluding carboxylic acids is 2. The number of ether oxygens (including phenoxy) is 1. The second-order valence-electron chi connectivity index (χ2n) is 3.44. The molecule has 1 rings (SSSR count). The summed E-state index contributed by atoms with van der Waals surface area (Å²) in [5.74, 6) is -0.369. The van der Waals surface area contributed by atoms with Crippen LogP contribution in [0.5, 0.6) is 0 Å². The van der Waals surface area contributed by atoms with E-state index in [4.69, 9.17) is 0 Å². The van der Waals surface area contributed by atoms with Crippen molar-refractivity contribution in [2.24, 2.45) is 0 Å². The maximum atomic E-state index is 10.9. The summed E-state index contributed by atoms with van der Waals surface area (Å²) in [6.45, 7) is 4.30. The molecule has 1 unspecified atom stereocenters. The van der Waals surface area contributed by atoms with Gasteiger partial charge < -0.3 is 15.0 Å². The van der Waals surface area contributed by atoms with E-state index in [-0.39, 0.29) is 23.1 Å². The zero-order chi connectivity index (χ0) is 14.0. The topological polar surface area (TPSA) is 88.3 Å². The van der Waals surface area contributed by atoms with Crippen LogP contribution in [0.25, 0.3) is 0 Å². The molecule has 6 heteroatoms. The van der Waals surface area contributed by atoms with E-state index in [1.54, 1.807) is 6.07 Å². The van der Waals surface area contributed by atoms with E-state index in [1.807, 2.05) is 13.8 Å². The number of H-pyrrole nitrogens is 1. The molecule has 1 amide bonds. The van der Waals surface area contributed by atoms with Gasteiger partial charge >= 0.3 is 0 Å². The average Bonchev–Trinajstić information content (AvgIpc) is 2.39. The minimum absolute atomic E-state index is 0.0810. The van der Waals surface area contributed by atoms with Gasteiger partial charge in [0.25, 0.3) is 17.9 Å². The summed E-state index contributed by atoms with van der Waals surface area (Å²) in [4.78, 5) is 33.8. The number of hydrogen-bond donors (Lipinski definition) is 2. The fraction of sp³-hybridized carbons (Fsp3) is 0.417. The van der Waals surface area contributed by atoms with Gasteiger partial charge in [-0.2, -0.15) is 0 Å². The number of carbonyl (C=O) groups is 2. The first-order valence-electron chi connectivity index (χ1n) is 5.55. The third-order valence-electron chi connectivity index (χ3n) is 2.15. The van der Waals surface area contributed by atoms with Gasteiger partial charge in [-0.3, -0.25) is 14.4 Å². The second-order valence-corrected chi connectivity index (χ2v) is 3.44. The van der Waals surface area contributed by atoms with Crippen molar-refractivity contribution in [2.75, 3.05) is 7.05 Å². The van der Waals surface area contributed by atoms with Gasteiger partial charge in [0.2, 0.25) is 0 Å². The smallest absolute Gasteiger partial charge is 0.293 e. The Morgan fingerprint density at radius 2 is 2.28 bits per heavy atom. The maximum absolute atomic E-state index is 10.9. The van der Waals surface area contributed by atoms with Gasteiger partial charge in [-0.15, -0.1) is 0 Å². The van der Waals surface area contributed by atoms with Gasteiger partial charge in [-0.05, 0) is 25.5 Å². The molecular formula is C12H18N2O4. The van der Waals surface area contributed by atoms with Crippen LogP contribution in [0.1, 0.15) is 30.6 Å². The van der Waals surface area contributed by atoms with Gasteiger partial charge in [-0.25, -0.2) is 0 Å². The van der Waals surface area contributed by atoms with Gasteiger partial charge in [-0.1, -0.05) is 6.92 Å². The van der Waals surface area contributed by atoms with Crippen molar-refractivity contribution in [3.05, 3.63) is 34.2 Å². The Hall–Kier alpha value is -2.11. The quantitative estimate of drug-likeness (QED) is 0.774. The Bertz CT molecular complexity index is 428. The first-order valence-corrected chi connectivity index (χ1v) is 5.55. The lowest BCUT2D eigenvalue weighted by atomic mass is 10.3. The monoisotopic (exact) mass is 254 g/mol. The van der Waals surface area contributed by atoms with E-state index in [1.165, 1.54) is 19.3 Å². The molecule has 6 nitrogen and oxygen atoms in total. The highest BCUT2D eigenvalue weighted by atomic mass is 16.5. The summed E-state index contributed by atoms with van der Waals surface area (Å²) in [7, 11) is 1.48. The van der Waals surface area contributed by atoms with Crippen LogP contribution in [0.4, 0.5) is 0 Å². The van der Waals surface area contributed by atoms with Crippen molar-refractivity contribution in [3.8, 4) is 0 Å². The minimum atomic E-state index is -0.369. The lowest BCUT2D eigenvalue weighted by Gasteiger charge is -2.02. The van der Waals surface area contributed by atoms with Crippen LogP contribution < -0.4 is 10.9 Å². The largest absolute Gasteiger partial charge is 0.465 e. The summed E-state index contributed by atoms with van der Waals surface area (Å²) in [5.41, 5.74) is -0.234. The maximum Gasteiger partial charge on any atom is 0.293 e. The number of aromatic nitrogens is 1. The normalized spacial score (nSPS) is 10.6. The Labute approximate surface area is 105 Å². The molecule has 100 valence electrons. The fourth-order valence-electron chi connectivity index (χ4n) is 0.926. The van der Waals surface area contributed by atoms with E-state index in [0.29, 0.717) is 6.47 Å². The van der Waals surface area contributed by atoms with Crippen LogP contribution in [0.2, 0.25) is 0 Å². The van der Waals surface area contributed by atoms with Crippen LogP contribution in [-0.2, 0) is 9.53 Å². The third-order valence-corrected chi connectivity index (χ3v) is 2.15. The molecule has 18 heavy (non-hydrogen) atoms. The Kier molecular flexibility index (Phi) is 7.92. The van der Waals surface area contributed by atoms with E-state index in [0.717, 1.165) is 6.42 Å². The number of nitrogens with one attached hydrogen (secondary N) is 2. The van der Waals surface area contributed by atoms with Crippen molar-refractivity contribution in [3.63, 3.8) is 0 Å². The predicted octanol–water partition coefficient (Wildman–Crippen LogP) is 0.692. The van der Waals surface area contributed by atoms with Gasteiger partial charge in [0.1, 0.15) is 5.56 Å². The summed E-state index contributed by atoms with van der Waals surface area (Å²) >= 11 is 0. The first-order chi connectivity index (χ1) is 8.56. The summed E-state index contributed by atoms with van der Waals surface area (Å²) in [5, 5.41) is 2.36. The van der Waals surface area contributed by atoms with Gasteiger partial charge in [0, 0.05) is 13.2 Å². The molecule has 0 aliphatic carbocycles. The number of amides is 1. The van der Waals surface area contributed by atoms with E-state index in [9.17, 15) is 14.4 Å². The van der Waals surface area contributed by atoms with Crippen LogP contribution in [0.15, 0.2) is 23.1 Å². The van der Waals surface area contributed by atoms with E-state index in [2.05, 4.69) is 15.0 Å². The molecule has 0 aromatic carbocycles. The number of pyridine rings is 1. The van der Waals surface area contributed by atoms with Crippen LogP contribution in [0.3, 0.4) is 0 Å². The number of aromatic amines is 1. The molecule has 2 N–H and O–H groups in total. The number of rotatable bonds is 4. The van der Waals surface area contributed by atoms with E-state index < -0.39 is 0 Å². The molecule has 0 fully saturated rings. The SMILES string of the molecule is CCC(C)OC=O.CNC(=O)c1ccc[nH]c1=O. The van der Waals surface area contributed by atoms with Crippen molar-refractivity contribution in [2.45, 2.75) is 26.4 Å². The zero-order valence-electron chi connectivity index (χ0n) is 10.7. The molecule has 0 saturated heterocycles. The highest BCUT2D eigenvalue weighted by molar-refractivity contribution is 5.93. The van der Waals surface area contributed by atoms with Crippen LogP contribution in [-0.4, -0.2) is 30.5 Å². The van der Waals surface area contributed by atoms with Gasteiger partial charge in [0.05, 0.1) is 6.10 Å². The molecule has 0 radical (unpaired) electrons. The number of hydrogen-bond acceptors (Lipinski definition) is 4. The molecule has 0 saturated carbocycles. The lowest BCUT2D eigenvalue weighted by Crippen LogP contribution is -2.25. The Morgan fingerprint density at radius 1 is 1.61 bits per heavy atom.